The van der Waals surface area contributed by atoms with Crippen LogP contribution >= 0.6 is 0 Å². The molecule has 12 heteroatoms. The number of aliphatic hydroxyl groups excluding tert-OH is 2. The fourth-order valence-corrected chi connectivity index (χ4v) is 8.96. The Morgan fingerprint density at radius 3 is 1.30 bits per heavy atom. The van der Waals surface area contributed by atoms with Crippen molar-refractivity contribution in [2.75, 3.05) is 13.2 Å². The van der Waals surface area contributed by atoms with Gasteiger partial charge < -0.3 is 39.0 Å². The highest BCUT2D eigenvalue weighted by atomic mass is 16.7. The van der Waals surface area contributed by atoms with Gasteiger partial charge in [-0.3, -0.25) is 14.4 Å². The Balaban J connectivity index is 2.72. The minimum absolute atomic E-state index is 0.0324. The van der Waals surface area contributed by atoms with Crippen LogP contribution in [0, 0.1) is 0 Å². The molecule has 3 N–H and O–H groups in total. The number of ether oxygens (including phenoxy) is 5. The number of carbonyl (C=O) groups excluding carboxylic acids is 3. The van der Waals surface area contributed by atoms with Crippen LogP contribution in [0.15, 0.2) is 109 Å². The highest BCUT2D eigenvalue weighted by Gasteiger charge is 2.50. The SMILES string of the molecule is CC/C=C\C/C=C\C/C=C\C/C=C\C/C=C\C/C=C\CCC(=O)OCC(COC1OC(C(=O)O)C(O)C(O)C1OC(=O)CCCCCCC/C=C\C/C=C\CCC)OC(=O)CCCCCCCCCCC/C=C\CCCCCCCC. The number of carbonyl (C=O) groups is 4. The van der Waals surface area contributed by atoms with Crippen LogP contribution in [0.25, 0.3) is 0 Å². The number of esters is 3. The van der Waals surface area contributed by atoms with Gasteiger partial charge in [-0.05, 0) is 109 Å². The summed E-state index contributed by atoms with van der Waals surface area (Å²) in [7, 11) is 0. The number of allylic oxidation sites excluding steroid dienone is 18. The van der Waals surface area contributed by atoms with Crippen molar-refractivity contribution in [3.05, 3.63) is 109 Å². The van der Waals surface area contributed by atoms with Gasteiger partial charge in [0.05, 0.1) is 6.61 Å². The predicted molar refractivity (Wildman–Crippen MR) is 330 cm³/mol. The molecule has 0 aromatic rings. The average molecular weight is 1130 g/mol. The van der Waals surface area contributed by atoms with E-state index in [1.165, 1.54) is 70.6 Å². The molecule has 460 valence electrons. The molecule has 1 aliphatic rings. The Morgan fingerprint density at radius 2 is 0.827 bits per heavy atom. The van der Waals surface area contributed by atoms with Crippen molar-refractivity contribution < 1.29 is 58.2 Å². The lowest BCUT2D eigenvalue weighted by atomic mass is 9.98. The van der Waals surface area contributed by atoms with E-state index >= 15 is 0 Å². The molecular weight excluding hydrogens is 1020 g/mol. The Kier molecular flexibility index (Phi) is 51.3. The number of carboxylic acids is 1. The zero-order valence-electron chi connectivity index (χ0n) is 50.7. The molecule has 0 saturated carbocycles. The smallest absolute Gasteiger partial charge is 0.335 e. The molecule has 1 fully saturated rings. The van der Waals surface area contributed by atoms with Crippen LogP contribution < -0.4 is 0 Å². The van der Waals surface area contributed by atoms with Gasteiger partial charge in [0.25, 0.3) is 0 Å². The maximum absolute atomic E-state index is 13.2. The van der Waals surface area contributed by atoms with E-state index in [0.29, 0.717) is 19.3 Å². The summed E-state index contributed by atoms with van der Waals surface area (Å²) in [6, 6.07) is 0. The van der Waals surface area contributed by atoms with Gasteiger partial charge in [0, 0.05) is 19.3 Å². The van der Waals surface area contributed by atoms with E-state index in [9.17, 15) is 34.5 Å². The largest absolute Gasteiger partial charge is 0.479 e. The first-order valence-electron chi connectivity index (χ1n) is 31.9. The van der Waals surface area contributed by atoms with Crippen molar-refractivity contribution in [3.63, 3.8) is 0 Å². The van der Waals surface area contributed by atoms with Gasteiger partial charge in [0.15, 0.2) is 24.6 Å². The molecule has 1 aliphatic heterocycles. The number of unbranched alkanes of at least 4 members (excludes halogenated alkanes) is 21. The second-order valence-corrected chi connectivity index (χ2v) is 21.3. The predicted octanol–water partition coefficient (Wildman–Crippen LogP) is 17.0. The summed E-state index contributed by atoms with van der Waals surface area (Å²) in [4.78, 5) is 51.2. The van der Waals surface area contributed by atoms with Crippen molar-refractivity contribution in [2.24, 2.45) is 0 Å². The number of hydrogen-bond donors (Lipinski definition) is 3. The summed E-state index contributed by atoms with van der Waals surface area (Å²) in [6.45, 7) is 5.75. The monoisotopic (exact) mass is 1130 g/mol. The van der Waals surface area contributed by atoms with E-state index in [1.54, 1.807) is 0 Å². The minimum atomic E-state index is -1.92. The fourth-order valence-electron chi connectivity index (χ4n) is 8.96. The molecule has 0 aromatic heterocycles. The number of aliphatic carboxylic acids is 1. The van der Waals surface area contributed by atoms with Crippen molar-refractivity contribution in [2.45, 2.75) is 289 Å². The zero-order chi connectivity index (χ0) is 58.9. The Labute approximate surface area is 491 Å². The molecule has 6 unspecified atom stereocenters. The average Bonchev–Trinajstić information content (AvgIpc) is 3.46. The van der Waals surface area contributed by atoms with Gasteiger partial charge in [-0.15, -0.1) is 0 Å². The number of rotatable bonds is 53. The molecule has 0 bridgehead atoms. The molecule has 0 aromatic carbocycles. The summed E-state index contributed by atoms with van der Waals surface area (Å²) in [5, 5.41) is 31.5. The molecule has 81 heavy (non-hydrogen) atoms. The number of hydrogen-bond acceptors (Lipinski definition) is 11. The highest BCUT2D eigenvalue weighted by molar-refractivity contribution is 5.74. The zero-order valence-corrected chi connectivity index (χ0v) is 50.7. The first-order valence-corrected chi connectivity index (χ1v) is 31.9. The van der Waals surface area contributed by atoms with E-state index in [-0.39, 0.29) is 25.9 Å². The lowest BCUT2D eigenvalue weighted by Crippen LogP contribution is -2.61. The summed E-state index contributed by atoms with van der Waals surface area (Å²) in [6.07, 6.45) is 63.5. The lowest BCUT2D eigenvalue weighted by Gasteiger charge is -2.40. The van der Waals surface area contributed by atoms with Crippen molar-refractivity contribution >= 4 is 23.9 Å². The van der Waals surface area contributed by atoms with Gasteiger partial charge in [-0.25, -0.2) is 4.79 Å². The molecule has 1 heterocycles. The van der Waals surface area contributed by atoms with Crippen LogP contribution in [0.4, 0.5) is 0 Å². The van der Waals surface area contributed by atoms with Crippen molar-refractivity contribution in [1.82, 2.24) is 0 Å². The van der Waals surface area contributed by atoms with Gasteiger partial charge in [0.1, 0.15) is 18.8 Å². The molecular formula is C69H112O12. The molecule has 0 radical (unpaired) electrons. The summed E-state index contributed by atoms with van der Waals surface area (Å²) >= 11 is 0. The molecule has 1 saturated heterocycles. The van der Waals surface area contributed by atoms with E-state index in [1.807, 2.05) is 12.2 Å². The Morgan fingerprint density at radius 1 is 0.420 bits per heavy atom. The third-order valence-electron chi connectivity index (χ3n) is 13.8. The fraction of sp³-hybridized carbons (Fsp3) is 0.681. The Hall–Kier alpha value is -4.62. The molecule has 6 atom stereocenters. The quantitative estimate of drug-likeness (QED) is 0.0228. The summed E-state index contributed by atoms with van der Waals surface area (Å²) in [5.74, 6) is -3.26. The highest BCUT2D eigenvalue weighted by Crippen LogP contribution is 2.26. The number of carboxylic acid groups (broad SMARTS) is 1. The third kappa shape index (κ3) is 45.6. The number of aliphatic hydroxyl groups is 2. The standard InChI is InChI=1S/C69H112O12/c1-4-7-10-13-16-19-22-25-27-29-31-33-35-38-40-43-46-49-52-55-61(70)77-58-60(79-62(71)56-53-50-47-44-42-39-36-34-32-30-28-26-23-20-17-14-11-8-5-2)59-78-69-67(65(74)64(73)66(81-69)68(75)76)80-63(72)57-54-51-48-45-41-37-24-21-18-15-12-9-6-3/h7,10,12,15-16,19,21,24-28,31,33,38,40,46,49,60,64-67,69,73-74H,4-6,8-9,11,13-14,17-18,20,22-23,29-30,32,34-37,39,41-45,47-48,50-59H2,1-3H3,(H,75,76)/b10-7-,15-12-,19-16-,24-21-,27-25-,28-26-,33-31-,40-38-,49-46-. The maximum atomic E-state index is 13.2. The Bertz CT molecular complexity index is 1820. The first-order chi connectivity index (χ1) is 39.6. The van der Waals surface area contributed by atoms with Crippen LogP contribution in [0.5, 0.6) is 0 Å². The molecule has 0 amide bonds. The topological polar surface area (TPSA) is 175 Å². The van der Waals surface area contributed by atoms with Crippen LogP contribution in [-0.2, 0) is 42.9 Å². The van der Waals surface area contributed by atoms with E-state index in [2.05, 4.69) is 118 Å². The van der Waals surface area contributed by atoms with Crippen molar-refractivity contribution in [3.8, 4) is 0 Å². The first kappa shape index (κ1) is 74.4. The van der Waals surface area contributed by atoms with Gasteiger partial charge >= 0.3 is 23.9 Å². The summed E-state index contributed by atoms with van der Waals surface area (Å²) < 4.78 is 28.4. The third-order valence-corrected chi connectivity index (χ3v) is 13.8. The normalized spacial score (nSPS) is 18.5. The van der Waals surface area contributed by atoms with Crippen LogP contribution in [-0.4, -0.2) is 89.2 Å². The molecule has 12 nitrogen and oxygen atoms in total. The second kappa shape index (κ2) is 55.9. The minimum Gasteiger partial charge on any atom is -0.479 e. The van der Waals surface area contributed by atoms with Crippen molar-refractivity contribution in [1.29, 1.82) is 0 Å². The van der Waals surface area contributed by atoms with Gasteiger partial charge in [-0.2, -0.15) is 0 Å². The van der Waals surface area contributed by atoms with Gasteiger partial charge in [0.2, 0.25) is 0 Å². The van der Waals surface area contributed by atoms with E-state index < -0.39 is 67.3 Å². The van der Waals surface area contributed by atoms with Gasteiger partial charge in [-0.1, -0.05) is 233 Å². The van der Waals surface area contributed by atoms with Crippen LogP contribution in [0.3, 0.4) is 0 Å². The summed E-state index contributed by atoms with van der Waals surface area (Å²) in [5.41, 5.74) is 0. The lowest BCUT2D eigenvalue weighted by molar-refractivity contribution is -0.301. The second-order valence-electron chi connectivity index (χ2n) is 21.3. The molecule has 1 rings (SSSR count). The molecule has 0 spiro atoms. The molecule has 0 aliphatic carbocycles. The maximum Gasteiger partial charge on any atom is 0.335 e. The van der Waals surface area contributed by atoms with Crippen LogP contribution in [0.2, 0.25) is 0 Å². The van der Waals surface area contributed by atoms with E-state index in [0.717, 1.165) is 122 Å². The van der Waals surface area contributed by atoms with E-state index in [4.69, 9.17) is 23.7 Å². The van der Waals surface area contributed by atoms with Crippen LogP contribution in [0.1, 0.15) is 252 Å².